The second-order valence-corrected chi connectivity index (χ2v) is 17.5. The Labute approximate surface area is 360 Å². The summed E-state index contributed by atoms with van der Waals surface area (Å²) < 4.78 is 0. The minimum Gasteiger partial charge on any atom is -0.339 e. The van der Waals surface area contributed by atoms with Crippen molar-refractivity contribution in [2.45, 2.75) is 79.1 Å². The van der Waals surface area contributed by atoms with Gasteiger partial charge in [0.05, 0.1) is 0 Å². The first-order valence-electron chi connectivity index (χ1n) is 22.0. The van der Waals surface area contributed by atoms with Crippen molar-refractivity contribution in [1.29, 1.82) is 0 Å². The zero-order valence-electron chi connectivity index (χ0n) is 36.7. The fourth-order valence-corrected chi connectivity index (χ4v) is 9.03. The van der Waals surface area contributed by atoms with Gasteiger partial charge in [0.25, 0.3) is 0 Å². The lowest BCUT2D eigenvalue weighted by atomic mass is 9.90. The van der Waals surface area contributed by atoms with Crippen molar-refractivity contribution in [3.63, 3.8) is 0 Å². The van der Waals surface area contributed by atoms with Gasteiger partial charge in [0.1, 0.15) is 0 Å². The van der Waals surface area contributed by atoms with Gasteiger partial charge < -0.3 is 14.7 Å². The topological polar surface area (TPSA) is 9.72 Å². The molecule has 1 saturated heterocycles. The molecule has 7 aromatic carbocycles. The van der Waals surface area contributed by atoms with Gasteiger partial charge in [-0.15, -0.1) is 0 Å². The molecule has 1 fully saturated rings. The summed E-state index contributed by atoms with van der Waals surface area (Å²) in [5.74, 6) is 1.56. The van der Waals surface area contributed by atoms with E-state index in [0.29, 0.717) is 23.7 Å². The van der Waals surface area contributed by atoms with E-state index in [4.69, 9.17) is 0 Å². The number of nitrogens with zero attached hydrogens (tertiary/aromatic N) is 3. The predicted octanol–water partition coefficient (Wildman–Crippen LogP) is 15.8. The summed E-state index contributed by atoms with van der Waals surface area (Å²) in [6, 6.07) is 62.5. The van der Waals surface area contributed by atoms with Gasteiger partial charge in [0.15, 0.2) is 6.17 Å². The quantitative estimate of drug-likeness (QED) is 0.122. The van der Waals surface area contributed by atoms with E-state index in [1.54, 1.807) is 0 Å². The van der Waals surface area contributed by atoms with Gasteiger partial charge in [-0.1, -0.05) is 189 Å². The van der Waals surface area contributed by atoms with Crippen molar-refractivity contribution in [3.05, 3.63) is 204 Å². The molecule has 7 aromatic rings. The molecule has 303 valence electrons. The lowest BCUT2D eigenvalue weighted by Crippen LogP contribution is -2.34. The van der Waals surface area contributed by atoms with Crippen LogP contribution in [0.3, 0.4) is 0 Å². The third-order valence-corrected chi connectivity index (χ3v) is 12.1. The van der Waals surface area contributed by atoms with E-state index >= 15 is 0 Å². The fourth-order valence-electron chi connectivity index (χ4n) is 9.03. The minimum absolute atomic E-state index is 0.390. The minimum atomic E-state index is 0.390. The number of benzene rings is 7. The zero-order chi connectivity index (χ0) is 41.9. The Bertz CT molecular complexity index is 2270. The molecule has 0 bridgehead atoms. The van der Waals surface area contributed by atoms with Crippen LogP contribution in [0.25, 0.3) is 22.3 Å². The monoisotopic (exact) mass is 786 g/mol. The lowest BCUT2D eigenvalue weighted by molar-refractivity contribution is 0.799. The Morgan fingerprint density at radius 3 is 0.900 bits per heavy atom. The molecule has 0 aliphatic carbocycles. The molecule has 0 spiro atoms. The van der Waals surface area contributed by atoms with Crippen LogP contribution in [-0.4, -0.2) is 13.1 Å². The summed E-state index contributed by atoms with van der Waals surface area (Å²) in [6.07, 6.45) is 1.26. The second kappa shape index (κ2) is 17.7. The van der Waals surface area contributed by atoms with Crippen LogP contribution >= 0.6 is 0 Å². The third-order valence-electron chi connectivity index (χ3n) is 12.1. The molecule has 1 aliphatic rings. The molecule has 1 radical (unpaired) electrons. The van der Waals surface area contributed by atoms with Crippen LogP contribution in [-0.2, 0) is 0 Å². The van der Waals surface area contributed by atoms with Crippen molar-refractivity contribution in [3.8, 4) is 22.3 Å². The largest absolute Gasteiger partial charge is 0.339 e. The predicted molar refractivity (Wildman–Crippen MR) is 258 cm³/mol. The molecule has 8 rings (SSSR count). The molecule has 3 heteroatoms. The van der Waals surface area contributed by atoms with Gasteiger partial charge >= 0.3 is 0 Å². The number of hydrogen-bond acceptors (Lipinski definition) is 3. The Balaban J connectivity index is 1.26. The van der Waals surface area contributed by atoms with E-state index in [1.165, 1.54) is 67.6 Å². The summed E-state index contributed by atoms with van der Waals surface area (Å²) >= 11 is 0. The second-order valence-electron chi connectivity index (χ2n) is 17.5. The molecule has 60 heavy (non-hydrogen) atoms. The lowest BCUT2D eigenvalue weighted by Gasteiger charge is -2.37. The highest BCUT2D eigenvalue weighted by Crippen LogP contribution is 2.47. The SMILES string of the molecule is CC(C)c1cccc(C(C)C)c1N1CCN(c2c(C(C)C)cccc2C(C)C)[C]1c1ccc(N(c2ccc(-c3ccccc3)cc2)c2ccc(-c3ccccc3)cc2)cc1. The van der Waals surface area contributed by atoms with E-state index in [-0.39, 0.29) is 0 Å². The molecule has 0 N–H and O–H groups in total. The number of rotatable bonds is 12. The zero-order valence-corrected chi connectivity index (χ0v) is 36.7. The first-order valence-corrected chi connectivity index (χ1v) is 22.0. The molecule has 1 aliphatic heterocycles. The summed E-state index contributed by atoms with van der Waals surface area (Å²) in [5, 5.41) is 0. The van der Waals surface area contributed by atoms with Gasteiger partial charge in [-0.05, 0) is 105 Å². The summed E-state index contributed by atoms with van der Waals surface area (Å²) in [7, 11) is 0. The summed E-state index contributed by atoms with van der Waals surface area (Å²) in [4.78, 5) is 7.70. The molecule has 0 aromatic heterocycles. The highest BCUT2D eigenvalue weighted by Gasteiger charge is 2.40. The molecule has 0 saturated carbocycles. The van der Waals surface area contributed by atoms with Crippen molar-refractivity contribution >= 4 is 28.4 Å². The maximum absolute atomic E-state index is 2.66. The van der Waals surface area contributed by atoms with E-state index in [9.17, 15) is 0 Å². The van der Waals surface area contributed by atoms with Gasteiger partial charge in [0.2, 0.25) is 0 Å². The third kappa shape index (κ3) is 8.11. The van der Waals surface area contributed by atoms with Crippen molar-refractivity contribution in [2.24, 2.45) is 0 Å². The van der Waals surface area contributed by atoms with E-state index in [1.807, 2.05) is 0 Å². The van der Waals surface area contributed by atoms with Crippen LogP contribution in [0.2, 0.25) is 0 Å². The van der Waals surface area contributed by atoms with Gasteiger partial charge in [-0.25, -0.2) is 0 Å². The average Bonchev–Trinajstić information content (AvgIpc) is 3.71. The molecule has 0 atom stereocenters. The number of anilines is 5. The molecule has 0 unspecified atom stereocenters. The normalized spacial score (nSPS) is 13.3. The smallest absolute Gasteiger partial charge is 0.187 e. The van der Waals surface area contributed by atoms with Crippen LogP contribution in [0.5, 0.6) is 0 Å². The highest BCUT2D eigenvalue weighted by molar-refractivity contribution is 5.81. The average molecular weight is 787 g/mol. The van der Waals surface area contributed by atoms with Crippen molar-refractivity contribution in [1.82, 2.24) is 0 Å². The number of para-hydroxylation sites is 2. The van der Waals surface area contributed by atoms with Crippen LogP contribution in [0, 0.1) is 6.17 Å². The maximum Gasteiger partial charge on any atom is 0.187 e. The van der Waals surface area contributed by atoms with Crippen molar-refractivity contribution < 1.29 is 0 Å². The van der Waals surface area contributed by atoms with Crippen LogP contribution in [0.1, 0.15) is 107 Å². The fraction of sp³-hybridized carbons (Fsp3) is 0.246. The van der Waals surface area contributed by atoms with E-state index in [2.05, 4.69) is 240 Å². The molecule has 1 heterocycles. The molecule has 0 amide bonds. The molecular weight excluding hydrogens is 727 g/mol. The van der Waals surface area contributed by atoms with Crippen LogP contribution in [0.4, 0.5) is 28.4 Å². The van der Waals surface area contributed by atoms with E-state index in [0.717, 1.165) is 30.2 Å². The first kappa shape index (κ1) is 40.7. The molecule has 3 nitrogen and oxygen atoms in total. The first-order chi connectivity index (χ1) is 29.1. The Kier molecular flexibility index (Phi) is 12.0. The Morgan fingerprint density at radius 1 is 0.317 bits per heavy atom. The highest BCUT2D eigenvalue weighted by atomic mass is 15.4. The molecular formula is C57H60N3. The number of hydrogen-bond donors (Lipinski definition) is 0. The Morgan fingerprint density at radius 2 is 0.600 bits per heavy atom. The van der Waals surface area contributed by atoms with Gasteiger partial charge in [0, 0.05) is 47.1 Å². The van der Waals surface area contributed by atoms with Crippen LogP contribution < -0.4 is 14.7 Å². The maximum atomic E-state index is 2.66. The van der Waals surface area contributed by atoms with Crippen LogP contribution in [0.15, 0.2) is 170 Å². The summed E-state index contributed by atoms with van der Waals surface area (Å²) in [6.45, 7) is 20.5. The van der Waals surface area contributed by atoms with Gasteiger partial charge in [-0.3, -0.25) is 0 Å². The standard InChI is InChI=1S/C57H60N3/c1-39(2)51-21-15-22-52(40(3)4)55(51)58-37-38-59(56-53(41(5)6)23-16-24-54(56)42(7)8)57(58)47-29-35-50(36-30-47)60(48-31-25-45(26-32-48)43-17-11-9-12-18-43)49-33-27-46(28-34-49)44-19-13-10-14-20-44/h9-36,39-42H,37-38H2,1-8H3. The summed E-state index contributed by atoms with van der Waals surface area (Å²) in [5.41, 5.74) is 17.8. The van der Waals surface area contributed by atoms with Crippen molar-refractivity contribution in [2.75, 3.05) is 27.8 Å². The van der Waals surface area contributed by atoms with Gasteiger partial charge in [-0.2, -0.15) is 0 Å². The Hall–Kier alpha value is -6.06. The van der Waals surface area contributed by atoms with E-state index < -0.39 is 0 Å².